The fraction of sp³-hybridized carbons (Fsp3) is 0.600. The molecule has 6 nitrogen and oxygen atoms in total. The summed E-state index contributed by atoms with van der Waals surface area (Å²) in [5.74, 6) is 0.773. The van der Waals surface area contributed by atoms with E-state index in [9.17, 15) is 9.59 Å². The summed E-state index contributed by atoms with van der Waals surface area (Å²) in [5.41, 5.74) is 6.19. The van der Waals surface area contributed by atoms with Crippen LogP contribution in [0.3, 0.4) is 0 Å². The molecule has 0 aromatic heterocycles. The van der Waals surface area contributed by atoms with Crippen molar-refractivity contribution in [2.75, 3.05) is 26.2 Å². The first kappa shape index (κ1) is 23.2. The molecule has 1 heterocycles. The summed E-state index contributed by atoms with van der Waals surface area (Å²) in [5, 5.41) is 0. The van der Waals surface area contributed by atoms with Crippen LogP contribution in [0.4, 0.5) is 0 Å². The lowest BCUT2D eigenvalue weighted by Gasteiger charge is -2.47. The van der Waals surface area contributed by atoms with Crippen LogP contribution in [0.25, 0.3) is 0 Å². The van der Waals surface area contributed by atoms with E-state index in [0.29, 0.717) is 31.8 Å². The summed E-state index contributed by atoms with van der Waals surface area (Å²) in [7, 11) is 0. The molecule has 1 unspecified atom stereocenters. The van der Waals surface area contributed by atoms with Gasteiger partial charge >= 0.3 is 0 Å². The van der Waals surface area contributed by atoms with Crippen LogP contribution in [0.1, 0.15) is 45.0 Å². The number of hydrogen-bond acceptors (Lipinski definition) is 4. The summed E-state index contributed by atoms with van der Waals surface area (Å²) in [6.07, 6.45) is 0. The van der Waals surface area contributed by atoms with Crippen LogP contribution in [0, 0.1) is 5.92 Å². The first-order valence-electron chi connectivity index (χ1n) is 9.26. The lowest BCUT2D eigenvalue weighted by molar-refractivity contribution is -0.137. The first-order chi connectivity index (χ1) is 12.2. The van der Waals surface area contributed by atoms with E-state index < -0.39 is 11.6 Å². The Bertz CT molecular complexity index is 646. The van der Waals surface area contributed by atoms with Crippen molar-refractivity contribution < 1.29 is 14.3 Å². The Morgan fingerprint density at radius 1 is 1.19 bits per heavy atom. The number of benzene rings is 1. The largest absolute Gasteiger partial charge is 0.494 e. The maximum absolute atomic E-state index is 13.0. The van der Waals surface area contributed by atoms with Gasteiger partial charge in [-0.25, -0.2) is 0 Å². The average molecular weight is 398 g/mol. The van der Waals surface area contributed by atoms with Crippen molar-refractivity contribution in [2.24, 2.45) is 11.7 Å². The summed E-state index contributed by atoms with van der Waals surface area (Å²) in [6, 6.07) is 6.70. The Kier molecular flexibility index (Phi) is 8.11. The molecule has 0 spiro atoms. The summed E-state index contributed by atoms with van der Waals surface area (Å²) in [4.78, 5) is 29.1. The number of hydrogen-bond donors (Lipinski definition) is 1. The molecule has 1 fully saturated rings. The molecule has 0 bridgehead atoms. The number of nitrogens with zero attached hydrogens (tertiary/aromatic N) is 2. The molecule has 2 N–H and O–H groups in total. The van der Waals surface area contributed by atoms with Gasteiger partial charge in [0.05, 0.1) is 18.2 Å². The molecule has 2 amide bonds. The third-order valence-corrected chi connectivity index (χ3v) is 4.87. The molecule has 0 aliphatic carbocycles. The van der Waals surface area contributed by atoms with Crippen LogP contribution >= 0.6 is 12.4 Å². The average Bonchev–Trinajstić information content (AvgIpc) is 2.59. The van der Waals surface area contributed by atoms with Gasteiger partial charge in [0.1, 0.15) is 5.75 Å². The van der Waals surface area contributed by atoms with E-state index >= 15 is 0 Å². The minimum absolute atomic E-state index is 0. The maximum Gasteiger partial charge on any atom is 0.254 e. The van der Waals surface area contributed by atoms with Crippen molar-refractivity contribution in [1.29, 1.82) is 0 Å². The third kappa shape index (κ3) is 5.36. The number of carbonyl (C=O) groups is 2. The summed E-state index contributed by atoms with van der Waals surface area (Å²) >= 11 is 0. The molecule has 0 saturated carbocycles. The number of nitrogens with two attached hydrogens (primary N) is 1. The van der Waals surface area contributed by atoms with Crippen LogP contribution in [-0.4, -0.2) is 59.4 Å². The van der Waals surface area contributed by atoms with Gasteiger partial charge in [-0.05, 0) is 51.0 Å². The Morgan fingerprint density at radius 2 is 1.78 bits per heavy atom. The highest BCUT2D eigenvalue weighted by molar-refractivity contribution is 5.95. The van der Waals surface area contributed by atoms with Crippen LogP contribution in [0.2, 0.25) is 0 Å². The highest BCUT2D eigenvalue weighted by Gasteiger charge is 2.39. The van der Waals surface area contributed by atoms with Crippen molar-refractivity contribution in [3.8, 4) is 5.75 Å². The van der Waals surface area contributed by atoms with Crippen LogP contribution < -0.4 is 10.5 Å². The number of piperazine rings is 1. The number of ether oxygens (including phenoxy) is 1. The second kappa shape index (κ2) is 9.42. The molecule has 7 heteroatoms. The van der Waals surface area contributed by atoms with Gasteiger partial charge in [0.2, 0.25) is 5.91 Å². The molecular weight excluding hydrogens is 366 g/mol. The van der Waals surface area contributed by atoms with E-state index in [1.807, 2.05) is 51.7 Å². The Balaban J connectivity index is 0.00000364. The zero-order chi connectivity index (χ0) is 19.5. The van der Waals surface area contributed by atoms with Gasteiger partial charge in [0.15, 0.2) is 0 Å². The molecule has 1 aliphatic heterocycles. The molecule has 1 saturated heterocycles. The summed E-state index contributed by atoms with van der Waals surface area (Å²) < 4.78 is 5.43. The normalized spacial score (nSPS) is 17.3. The Labute approximate surface area is 168 Å². The standard InChI is InChI=1S/C20H31N3O3.ClH/c1-6-26-16-9-7-15(8-10-16)18(24)23-12-11-22(13-20(23,4)5)19(25)17(21)14(2)3;/h7-10,14,17H,6,11-13,21H2,1-5H3;1H. The quantitative estimate of drug-likeness (QED) is 0.828. The van der Waals surface area contributed by atoms with E-state index in [1.54, 1.807) is 17.0 Å². The van der Waals surface area contributed by atoms with Gasteiger partial charge in [-0.2, -0.15) is 0 Å². The van der Waals surface area contributed by atoms with Crippen LogP contribution in [-0.2, 0) is 4.79 Å². The molecule has 0 radical (unpaired) electrons. The van der Waals surface area contributed by atoms with E-state index in [1.165, 1.54) is 0 Å². The number of carbonyl (C=O) groups excluding carboxylic acids is 2. The van der Waals surface area contributed by atoms with E-state index in [2.05, 4.69) is 0 Å². The van der Waals surface area contributed by atoms with Gasteiger partial charge in [-0.15, -0.1) is 12.4 Å². The first-order valence-corrected chi connectivity index (χ1v) is 9.26. The maximum atomic E-state index is 13.0. The molecule has 1 aliphatic rings. The highest BCUT2D eigenvalue weighted by atomic mass is 35.5. The van der Waals surface area contributed by atoms with Crippen molar-refractivity contribution in [2.45, 2.75) is 46.2 Å². The van der Waals surface area contributed by atoms with E-state index in [4.69, 9.17) is 10.5 Å². The Morgan fingerprint density at radius 3 is 2.26 bits per heavy atom. The topological polar surface area (TPSA) is 75.9 Å². The highest BCUT2D eigenvalue weighted by Crippen LogP contribution is 2.25. The lowest BCUT2D eigenvalue weighted by atomic mass is 9.95. The minimum Gasteiger partial charge on any atom is -0.494 e. The number of rotatable bonds is 5. The number of amides is 2. The van der Waals surface area contributed by atoms with Crippen molar-refractivity contribution in [3.05, 3.63) is 29.8 Å². The zero-order valence-electron chi connectivity index (χ0n) is 16.9. The van der Waals surface area contributed by atoms with E-state index in [-0.39, 0.29) is 30.1 Å². The van der Waals surface area contributed by atoms with Crippen molar-refractivity contribution in [3.63, 3.8) is 0 Å². The molecular formula is C20H32ClN3O3. The van der Waals surface area contributed by atoms with Crippen LogP contribution in [0.15, 0.2) is 24.3 Å². The molecule has 1 atom stereocenters. The number of halogens is 1. The third-order valence-electron chi connectivity index (χ3n) is 4.87. The fourth-order valence-electron chi connectivity index (χ4n) is 3.23. The SMILES string of the molecule is CCOc1ccc(C(=O)N2CCN(C(=O)C(N)C(C)C)CC2(C)C)cc1.Cl. The Hall–Kier alpha value is -1.79. The molecule has 2 rings (SSSR count). The smallest absolute Gasteiger partial charge is 0.254 e. The van der Waals surface area contributed by atoms with Crippen LogP contribution in [0.5, 0.6) is 5.75 Å². The lowest BCUT2D eigenvalue weighted by Crippen LogP contribution is -2.64. The monoisotopic (exact) mass is 397 g/mol. The van der Waals surface area contributed by atoms with Gasteiger partial charge in [-0.1, -0.05) is 13.8 Å². The molecule has 1 aromatic carbocycles. The van der Waals surface area contributed by atoms with Gasteiger partial charge in [0.25, 0.3) is 5.91 Å². The zero-order valence-corrected chi connectivity index (χ0v) is 17.7. The van der Waals surface area contributed by atoms with Gasteiger partial charge in [0, 0.05) is 25.2 Å². The molecule has 152 valence electrons. The minimum atomic E-state index is -0.501. The molecule has 1 aromatic rings. The van der Waals surface area contributed by atoms with Crippen molar-refractivity contribution in [1.82, 2.24) is 9.80 Å². The molecule has 27 heavy (non-hydrogen) atoms. The second-order valence-corrected chi connectivity index (χ2v) is 7.76. The summed E-state index contributed by atoms with van der Waals surface area (Å²) in [6.45, 7) is 11.9. The van der Waals surface area contributed by atoms with E-state index in [0.717, 1.165) is 5.75 Å². The van der Waals surface area contributed by atoms with Gasteiger partial charge in [-0.3, -0.25) is 9.59 Å². The predicted molar refractivity (Wildman–Crippen MR) is 109 cm³/mol. The predicted octanol–water partition coefficient (Wildman–Crippen LogP) is 2.55. The second-order valence-electron chi connectivity index (χ2n) is 7.76. The van der Waals surface area contributed by atoms with Crippen molar-refractivity contribution >= 4 is 24.2 Å². The van der Waals surface area contributed by atoms with Gasteiger partial charge < -0.3 is 20.3 Å². The fourth-order valence-corrected chi connectivity index (χ4v) is 3.23.